The molecule has 7 nitrogen and oxygen atoms in total. The van der Waals surface area contributed by atoms with E-state index in [9.17, 15) is 13.6 Å². The van der Waals surface area contributed by atoms with Gasteiger partial charge < -0.3 is 9.47 Å². The third-order valence-corrected chi connectivity index (χ3v) is 5.59. The fourth-order valence-electron chi connectivity index (χ4n) is 2.46. The van der Waals surface area contributed by atoms with Crippen LogP contribution < -0.4 is 9.04 Å². The van der Waals surface area contributed by atoms with E-state index in [2.05, 4.69) is 4.98 Å². The zero-order valence-electron chi connectivity index (χ0n) is 14.8. The number of esters is 1. The molecule has 0 saturated heterocycles. The second-order valence-corrected chi connectivity index (χ2v) is 7.54. The average molecular weight is 439 g/mol. The van der Waals surface area contributed by atoms with Gasteiger partial charge >= 0.3 is 5.97 Å². The molecule has 146 valence electrons. The monoisotopic (exact) mass is 438 g/mol. The highest BCUT2D eigenvalue weighted by Gasteiger charge is 2.23. The number of carbonyl (C=O) groups is 1. The van der Waals surface area contributed by atoms with Gasteiger partial charge in [-0.25, -0.2) is 18.3 Å². The maximum absolute atomic E-state index is 12.1. The minimum atomic E-state index is -2.42. The van der Waals surface area contributed by atoms with E-state index in [4.69, 9.17) is 21.1 Å². The molecule has 0 spiro atoms. The molecule has 0 radical (unpaired) electrons. The Balaban J connectivity index is 2.02. The first kappa shape index (κ1) is 20.3. The Morgan fingerprint density at radius 2 is 1.93 bits per heavy atom. The quantitative estimate of drug-likeness (QED) is 0.449. The van der Waals surface area contributed by atoms with Gasteiger partial charge in [0, 0.05) is 16.0 Å². The van der Waals surface area contributed by atoms with Crippen LogP contribution >= 0.6 is 22.9 Å². The van der Waals surface area contributed by atoms with Crippen LogP contribution in [-0.4, -0.2) is 33.9 Å². The molecule has 1 N–H and O–H groups in total. The molecule has 0 fully saturated rings. The van der Waals surface area contributed by atoms with Crippen LogP contribution in [0.3, 0.4) is 0 Å². The Morgan fingerprint density at radius 3 is 2.54 bits per heavy atom. The highest BCUT2D eigenvalue weighted by atomic mass is 35.5. The minimum absolute atomic E-state index is 0.228. The molecule has 0 saturated carbocycles. The van der Waals surface area contributed by atoms with Gasteiger partial charge in [-0.1, -0.05) is 23.7 Å². The lowest BCUT2D eigenvalue weighted by Gasteiger charge is -2.20. The lowest BCUT2D eigenvalue weighted by molar-refractivity contribution is 0.0600. The van der Waals surface area contributed by atoms with Crippen molar-refractivity contribution in [3.63, 3.8) is 0 Å². The van der Waals surface area contributed by atoms with Crippen LogP contribution in [0.4, 0.5) is 11.5 Å². The maximum atomic E-state index is 12.1. The van der Waals surface area contributed by atoms with Crippen molar-refractivity contribution in [3.05, 3.63) is 58.4 Å². The first-order valence-corrected chi connectivity index (χ1v) is 10.2. The fourth-order valence-corrected chi connectivity index (χ4v) is 4.02. The van der Waals surface area contributed by atoms with Crippen molar-refractivity contribution in [2.45, 2.75) is 0 Å². The van der Waals surface area contributed by atoms with Crippen molar-refractivity contribution >= 4 is 51.7 Å². The average Bonchev–Trinajstić information content (AvgIpc) is 3.17. The van der Waals surface area contributed by atoms with Gasteiger partial charge in [-0.15, -0.1) is 11.3 Å². The molecule has 0 bridgehead atoms. The van der Waals surface area contributed by atoms with Crippen LogP contribution in [0.1, 0.15) is 10.4 Å². The van der Waals surface area contributed by atoms with Crippen molar-refractivity contribution in [2.24, 2.45) is 0 Å². The van der Waals surface area contributed by atoms with E-state index < -0.39 is 17.2 Å². The molecular weight excluding hydrogens is 424 g/mol. The van der Waals surface area contributed by atoms with Crippen LogP contribution in [0, 0.1) is 0 Å². The van der Waals surface area contributed by atoms with Crippen molar-refractivity contribution in [1.82, 2.24) is 4.98 Å². The third kappa shape index (κ3) is 4.17. The van der Waals surface area contributed by atoms with Gasteiger partial charge in [-0.2, -0.15) is 0 Å². The molecule has 10 heteroatoms. The molecular formula is C18H15ClN2O5S2. The van der Waals surface area contributed by atoms with E-state index in [0.717, 1.165) is 9.87 Å². The molecule has 28 heavy (non-hydrogen) atoms. The molecule has 3 rings (SSSR count). The Kier molecular flexibility index (Phi) is 6.30. The van der Waals surface area contributed by atoms with Crippen LogP contribution in [0.5, 0.6) is 5.75 Å². The SMILES string of the molecule is COC(=O)c1ccc(N(c2csc(-c3ccc(Cl)cc3)n2)S(=O)O)c(OC)c1. The fraction of sp³-hybridized carbons (Fsp3) is 0.111. The smallest absolute Gasteiger partial charge is 0.337 e. The van der Waals surface area contributed by atoms with Crippen molar-refractivity contribution in [3.8, 4) is 16.3 Å². The molecule has 1 unspecified atom stereocenters. The van der Waals surface area contributed by atoms with Crippen LogP contribution in [0.25, 0.3) is 10.6 Å². The second-order valence-electron chi connectivity index (χ2n) is 5.42. The second kappa shape index (κ2) is 8.70. The van der Waals surface area contributed by atoms with E-state index in [1.807, 2.05) is 12.1 Å². The van der Waals surface area contributed by atoms with E-state index in [-0.39, 0.29) is 22.8 Å². The molecule has 3 aromatic rings. The number of hydrogen-bond donors (Lipinski definition) is 1. The van der Waals surface area contributed by atoms with Gasteiger partial charge in [0.05, 0.1) is 19.8 Å². The number of aromatic nitrogens is 1. The Bertz CT molecular complexity index is 1020. The van der Waals surface area contributed by atoms with Crippen molar-refractivity contribution < 1.29 is 23.0 Å². The number of anilines is 2. The predicted octanol–water partition coefficient (Wildman–Crippen LogP) is 4.53. The number of thiazole rings is 1. The molecule has 1 heterocycles. The Hall–Kier alpha value is -2.46. The predicted molar refractivity (Wildman–Crippen MR) is 110 cm³/mol. The number of nitrogens with zero attached hydrogens (tertiary/aromatic N) is 2. The number of benzene rings is 2. The van der Waals surface area contributed by atoms with Crippen LogP contribution in [0.2, 0.25) is 5.02 Å². The van der Waals surface area contributed by atoms with E-state index in [1.54, 1.807) is 17.5 Å². The lowest BCUT2D eigenvalue weighted by Crippen LogP contribution is -2.20. The van der Waals surface area contributed by atoms with Gasteiger partial charge in [-0.05, 0) is 30.3 Å². The first-order valence-electron chi connectivity index (χ1n) is 7.83. The summed E-state index contributed by atoms with van der Waals surface area (Å²) in [5.41, 5.74) is 1.37. The summed E-state index contributed by atoms with van der Waals surface area (Å²) >= 11 is 4.80. The van der Waals surface area contributed by atoms with Gasteiger partial charge in [0.1, 0.15) is 16.4 Å². The summed E-state index contributed by atoms with van der Waals surface area (Å²) in [6.07, 6.45) is 0. The number of rotatable bonds is 6. The minimum Gasteiger partial charge on any atom is -0.495 e. The van der Waals surface area contributed by atoms with Gasteiger partial charge in [0.15, 0.2) is 5.82 Å². The summed E-state index contributed by atoms with van der Waals surface area (Å²) in [6, 6.07) is 11.5. The zero-order chi connectivity index (χ0) is 20.3. The van der Waals surface area contributed by atoms with E-state index >= 15 is 0 Å². The normalized spacial score (nSPS) is 11.7. The summed E-state index contributed by atoms with van der Waals surface area (Å²) in [6.45, 7) is 0. The Labute approximate surface area is 172 Å². The number of hydrogen-bond acceptors (Lipinski definition) is 6. The number of halogens is 1. The van der Waals surface area contributed by atoms with Crippen LogP contribution in [-0.2, 0) is 16.0 Å². The van der Waals surface area contributed by atoms with Gasteiger partial charge in [0.25, 0.3) is 11.3 Å². The van der Waals surface area contributed by atoms with Gasteiger partial charge in [-0.3, -0.25) is 4.55 Å². The lowest BCUT2D eigenvalue weighted by atomic mass is 10.2. The standard InChI is InChI=1S/C18H15ClN2O5S2/c1-25-15-9-12(18(22)26-2)5-8-14(15)21(28(23)24)16-10-27-17(20-16)11-3-6-13(19)7-4-11/h3-10H,1-2H3,(H,23,24). The van der Waals surface area contributed by atoms with E-state index in [1.165, 1.54) is 43.8 Å². The molecule has 0 amide bonds. The summed E-state index contributed by atoms with van der Waals surface area (Å²) in [5, 5.41) is 2.92. The summed E-state index contributed by atoms with van der Waals surface area (Å²) < 4.78 is 33.1. The maximum Gasteiger partial charge on any atom is 0.337 e. The van der Waals surface area contributed by atoms with E-state index in [0.29, 0.717) is 10.0 Å². The number of methoxy groups -OCH3 is 2. The summed E-state index contributed by atoms with van der Waals surface area (Å²) in [7, 11) is 2.67. The molecule has 0 aliphatic rings. The molecule has 0 aliphatic heterocycles. The number of carbonyl (C=O) groups excluding carboxylic acids is 1. The zero-order valence-corrected chi connectivity index (χ0v) is 17.2. The highest BCUT2D eigenvalue weighted by molar-refractivity contribution is 7.81. The molecule has 2 aromatic carbocycles. The van der Waals surface area contributed by atoms with Crippen molar-refractivity contribution in [2.75, 3.05) is 18.5 Å². The molecule has 1 aromatic heterocycles. The summed E-state index contributed by atoms with van der Waals surface area (Å²) in [5.74, 6) is -0.0496. The van der Waals surface area contributed by atoms with Crippen molar-refractivity contribution in [1.29, 1.82) is 0 Å². The topological polar surface area (TPSA) is 89.0 Å². The largest absolute Gasteiger partial charge is 0.495 e. The summed E-state index contributed by atoms with van der Waals surface area (Å²) in [4.78, 5) is 16.2. The molecule has 0 aliphatic carbocycles. The third-order valence-electron chi connectivity index (χ3n) is 3.77. The highest BCUT2D eigenvalue weighted by Crippen LogP contribution is 2.37. The number of ether oxygens (including phenoxy) is 2. The molecule has 1 atom stereocenters. The first-order chi connectivity index (χ1) is 13.4. The van der Waals surface area contributed by atoms with Gasteiger partial charge in [0.2, 0.25) is 0 Å². The van der Waals surface area contributed by atoms with Crippen LogP contribution in [0.15, 0.2) is 47.8 Å². The Morgan fingerprint density at radius 1 is 1.21 bits per heavy atom.